The smallest absolute Gasteiger partial charge is 0.150 e. The zero-order valence-corrected chi connectivity index (χ0v) is 15.2. The fraction of sp³-hybridized carbons (Fsp3) is 0.0952. The van der Waals surface area contributed by atoms with E-state index in [1.165, 1.54) is 0 Å². The van der Waals surface area contributed by atoms with Gasteiger partial charge in [-0.25, -0.2) is 0 Å². The molecule has 4 heteroatoms. The van der Waals surface area contributed by atoms with Gasteiger partial charge in [-0.05, 0) is 17.7 Å². The molecule has 0 heterocycles. The second-order valence-electron chi connectivity index (χ2n) is 5.80. The van der Waals surface area contributed by atoms with Crippen molar-refractivity contribution in [1.82, 2.24) is 0 Å². The minimum Gasteiger partial charge on any atom is -0.313 e. The van der Waals surface area contributed by atoms with Crippen LogP contribution in [0.2, 0.25) is 5.02 Å². The second kappa shape index (κ2) is 7.82. The van der Waals surface area contributed by atoms with Crippen LogP contribution < -0.4 is 10.6 Å². The van der Waals surface area contributed by atoms with Gasteiger partial charge < -0.3 is 9.36 Å². The number of carbonyl (C=O) groups is 1. The maximum Gasteiger partial charge on any atom is 0.150 e. The Morgan fingerprint density at radius 3 is 1.72 bits per heavy atom. The molecular formula is C21H18ClO2P. The summed E-state index contributed by atoms with van der Waals surface area (Å²) < 4.78 is 14.4. The van der Waals surface area contributed by atoms with Crippen molar-refractivity contribution < 1.29 is 9.36 Å². The van der Waals surface area contributed by atoms with Crippen LogP contribution in [0.25, 0.3) is 0 Å². The Bertz CT molecular complexity index is 833. The average Bonchev–Trinajstić information content (AvgIpc) is 2.68. The minimum absolute atomic E-state index is 0.183. The summed E-state index contributed by atoms with van der Waals surface area (Å²) in [5.41, 5.74) is 0.430. The first-order valence-electron chi connectivity index (χ1n) is 8.06. The van der Waals surface area contributed by atoms with Gasteiger partial charge in [0.1, 0.15) is 6.29 Å². The highest BCUT2D eigenvalue weighted by molar-refractivity contribution is 7.79. The van der Waals surface area contributed by atoms with Crippen LogP contribution in [0.4, 0.5) is 0 Å². The number of rotatable bonds is 6. The molecule has 0 aromatic heterocycles. The van der Waals surface area contributed by atoms with Gasteiger partial charge in [-0.15, -0.1) is 0 Å². The fourth-order valence-electron chi connectivity index (χ4n) is 3.08. The molecule has 3 aromatic carbocycles. The summed E-state index contributed by atoms with van der Waals surface area (Å²) in [6.07, 6.45) is 1.03. The van der Waals surface area contributed by atoms with Crippen molar-refractivity contribution in [2.45, 2.75) is 12.1 Å². The summed E-state index contributed by atoms with van der Waals surface area (Å²) in [5, 5.41) is 2.12. The fourth-order valence-corrected chi connectivity index (χ4v) is 6.43. The number of benzene rings is 3. The summed E-state index contributed by atoms with van der Waals surface area (Å²) in [4.78, 5) is 11.4. The van der Waals surface area contributed by atoms with Crippen molar-refractivity contribution in [3.8, 4) is 0 Å². The third-order valence-corrected chi connectivity index (χ3v) is 8.06. The molecule has 0 aliphatic rings. The van der Waals surface area contributed by atoms with E-state index in [2.05, 4.69) is 0 Å². The molecule has 3 rings (SSSR count). The Hall–Kier alpha value is -2.15. The zero-order chi connectivity index (χ0) is 17.7. The van der Waals surface area contributed by atoms with E-state index < -0.39 is 12.8 Å². The van der Waals surface area contributed by atoms with E-state index in [1.54, 1.807) is 12.1 Å². The van der Waals surface area contributed by atoms with Crippen LogP contribution in [0.3, 0.4) is 0 Å². The molecule has 1 unspecified atom stereocenters. The van der Waals surface area contributed by atoms with Crippen LogP contribution in [0.1, 0.15) is 17.6 Å². The molecule has 0 saturated carbocycles. The lowest BCUT2D eigenvalue weighted by Gasteiger charge is -2.28. The number of aldehydes is 1. The molecule has 3 aromatic rings. The largest absolute Gasteiger partial charge is 0.313 e. The summed E-state index contributed by atoms with van der Waals surface area (Å²) >= 11 is 6.00. The highest BCUT2D eigenvalue weighted by Gasteiger charge is 2.37. The highest BCUT2D eigenvalue weighted by Crippen LogP contribution is 2.58. The SMILES string of the molecule is O=CCC(c1ccc(Cl)cc1)P(=O)(c1ccccc1)c1ccccc1. The Kier molecular flexibility index (Phi) is 5.53. The van der Waals surface area contributed by atoms with Gasteiger partial charge in [-0.1, -0.05) is 84.4 Å². The Balaban J connectivity index is 2.23. The van der Waals surface area contributed by atoms with Crippen LogP contribution in [-0.2, 0) is 9.36 Å². The van der Waals surface area contributed by atoms with Crippen LogP contribution in [0.5, 0.6) is 0 Å². The van der Waals surface area contributed by atoms with E-state index >= 15 is 0 Å². The normalized spacial score (nSPS) is 12.5. The quantitative estimate of drug-likeness (QED) is 0.454. The number of hydrogen-bond donors (Lipinski definition) is 0. The second-order valence-corrected chi connectivity index (χ2v) is 9.21. The molecule has 0 radical (unpaired) electrons. The van der Waals surface area contributed by atoms with E-state index in [0.717, 1.165) is 22.5 Å². The first-order valence-corrected chi connectivity index (χ1v) is 10.2. The van der Waals surface area contributed by atoms with Gasteiger partial charge in [0, 0.05) is 22.1 Å². The standard InChI is InChI=1S/C21H18ClO2P/c22-18-13-11-17(12-14-18)21(15-16-23)25(24,19-7-3-1-4-8-19)20-9-5-2-6-10-20/h1-14,16,21H,15H2. The van der Waals surface area contributed by atoms with Gasteiger partial charge in [0.05, 0.1) is 5.66 Å². The molecule has 2 nitrogen and oxygen atoms in total. The summed E-state index contributed by atoms with van der Waals surface area (Å²) in [5.74, 6) is 0. The molecule has 0 spiro atoms. The lowest BCUT2D eigenvalue weighted by Crippen LogP contribution is -2.21. The molecule has 0 fully saturated rings. The number of carbonyl (C=O) groups excluding carboxylic acids is 1. The maximum absolute atomic E-state index is 14.4. The molecule has 1 atom stereocenters. The van der Waals surface area contributed by atoms with Gasteiger partial charge in [0.25, 0.3) is 0 Å². The zero-order valence-electron chi connectivity index (χ0n) is 13.6. The molecule has 0 N–H and O–H groups in total. The van der Waals surface area contributed by atoms with Crippen LogP contribution in [0, 0.1) is 0 Å². The summed E-state index contributed by atoms with van der Waals surface area (Å²) in [6, 6.07) is 26.1. The lowest BCUT2D eigenvalue weighted by molar-refractivity contribution is -0.107. The third-order valence-electron chi connectivity index (χ3n) is 4.29. The molecule has 0 saturated heterocycles. The van der Waals surface area contributed by atoms with Gasteiger partial charge >= 0.3 is 0 Å². The lowest BCUT2D eigenvalue weighted by atomic mass is 10.1. The predicted octanol–water partition coefficient (Wildman–Crippen LogP) is 4.98. The Morgan fingerprint density at radius 2 is 1.28 bits per heavy atom. The van der Waals surface area contributed by atoms with Crippen LogP contribution >= 0.6 is 18.7 Å². The van der Waals surface area contributed by atoms with Crippen molar-refractivity contribution in [3.05, 3.63) is 95.5 Å². The summed E-state index contributed by atoms with van der Waals surface area (Å²) in [6.45, 7) is 0. The maximum atomic E-state index is 14.4. The van der Waals surface area contributed by atoms with Crippen molar-refractivity contribution in [2.24, 2.45) is 0 Å². The third kappa shape index (κ3) is 3.61. The Morgan fingerprint density at radius 1 is 0.800 bits per heavy atom. The molecular weight excluding hydrogens is 351 g/mol. The van der Waals surface area contributed by atoms with Crippen molar-refractivity contribution >= 4 is 35.6 Å². The molecule has 0 bridgehead atoms. The predicted molar refractivity (Wildman–Crippen MR) is 105 cm³/mol. The molecule has 25 heavy (non-hydrogen) atoms. The van der Waals surface area contributed by atoms with E-state index in [9.17, 15) is 9.36 Å². The van der Waals surface area contributed by atoms with Crippen molar-refractivity contribution in [3.63, 3.8) is 0 Å². The highest BCUT2D eigenvalue weighted by atomic mass is 35.5. The minimum atomic E-state index is -3.06. The molecule has 0 aliphatic carbocycles. The van der Waals surface area contributed by atoms with Gasteiger partial charge in [-0.3, -0.25) is 0 Å². The summed E-state index contributed by atoms with van der Waals surface area (Å²) in [7, 11) is -3.06. The number of halogens is 1. The molecule has 0 aliphatic heterocycles. The molecule has 126 valence electrons. The van der Waals surface area contributed by atoms with Gasteiger partial charge in [-0.2, -0.15) is 0 Å². The van der Waals surface area contributed by atoms with E-state index in [-0.39, 0.29) is 6.42 Å². The monoisotopic (exact) mass is 368 g/mol. The first kappa shape index (κ1) is 17.7. The Labute approximate surface area is 152 Å². The molecule has 0 amide bonds. The van der Waals surface area contributed by atoms with E-state index in [4.69, 9.17) is 11.6 Å². The topological polar surface area (TPSA) is 34.1 Å². The van der Waals surface area contributed by atoms with Crippen LogP contribution in [0.15, 0.2) is 84.9 Å². The average molecular weight is 369 g/mol. The van der Waals surface area contributed by atoms with Crippen molar-refractivity contribution in [1.29, 1.82) is 0 Å². The van der Waals surface area contributed by atoms with Crippen molar-refractivity contribution in [2.75, 3.05) is 0 Å². The van der Waals surface area contributed by atoms with Gasteiger partial charge in [0.2, 0.25) is 0 Å². The van der Waals surface area contributed by atoms with Crippen LogP contribution in [-0.4, -0.2) is 6.29 Å². The van der Waals surface area contributed by atoms with Gasteiger partial charge in [0.15, 0.2) is 7.14 Å². The first-order chi connectivity index (χ1) is 12.2. The van der Waals surface area contributed by atoms with E-state index in [0.29, 0.717) is 5.02 Å². The van der Waals surface area contributed by atoms with E-state index in [1.807, 2.05) is 72.8 Å². The number of hydrogen-bond acceptors (Lipinski definition) is 2.